The molecule has 1 aliphatic rings. The van der Waals surface area contributed by atoms with Crippen LogP contribution < -0.4 is 11.1 Å². The number of primary amides is 1. The van der Waals surface area contributed by atoms with Gasteiger partial charge in [0.1, 0.15) is 10.8 Å². The Hall–Kier alpha value is -2.76. The Balaban J connectivity index is 1.55. The molecule has 168 valence electrons. The molecular weight excluding hydrogens is 453 g/mol. The van der Waals surface area contributed by atoms with Crippen LogP contribution in [0.25, 0.3) is 11.4 Å². The summed E-state index contributed by atoms with van der Waals surface area (Å²) >= 11 is 2.49. The monoisotopic (exact) mass is 475 g/mol. The maximum absolute atomic E-state index is 13.4. The summed E-state index contributed by atoms with van der Waals surface area (Å²) in [5, 5.41) is 13.5. The summed E-state index contributed by atoms with van der Waals surface area (Å²) in [5.41, 5.74) is 6.36. The molecule has 1 aliphatic heterocycles. The molecular formula is C21H22FN5O3S2. The molecule has 0 saturated carbocycles. The van der Waals surface area contributed by atoms with Gasteiger partial charge in [0.15, 0.2) is 11.0 Å². The van der Waals surface area contributed by atoms with Crippen molar-refractivity contribution in [1.82, 2.24) is 14.8 Å². The lowest BCUT2D eigenvalue weighted by Gasteiger charge is -2.16. The quantitative estimate of drug-likeness (QED) is 0.482. The lowest BCUT2D eigenvalue weighted by molar-refractivity contribution is -0.115. The molecule has 2 aromatic heterocycles. The van der Waals surface area contributed by atoms with Gasteiger partial charge in [0.05, 0.1) is 23.5 Å². The molecule has 3 heterocycles. The van der Waals surface area contributed by atoms with Gasteiger partial charge in [-0.05, 0) is 55.5 Å². The number of thioether (sulfide) groups is 1. The number of hydrogen-bond acceptors (Lipinski definition) is 7. The molecule has 2 amide bonds. The number of rotatable bonds is 8. The molecule has 0 spiro atoms. The van der Waals surface area contributed by atoms with Crippen LogP contribution in [0.2, 0.25) is 0 Å². The lowest BCUT2D eigenvalue weighted by atomic mass is 10.2. The van der Waals surface area contributed by atoms with Crippen molar-refractivity contribution in [1.29, 1.82) is 0 Å². The topological polar surface area (TPSA) is 112 Å². The van der Waals surface area contributed by atoms with Gasteiger partial charge in [0.2, 0.25) is 5.91 Å². The minimum absolute atomic E-state index is 0.0259. The molecule has 0 aliphatic carbocycles. The second-order valence-corrected chi connectivity index (χ2v) is 9.56. The Morgan fingerprint density at radius 3 is 2.81 bits per heavy atom. The Morgan fingerprint density at radius 2 is 2.12 bits per heavy atom. The number of nitrogens with zero attached hydrogens (tertiary/aromatic N) is 3. The molecule has 3 aromatic rings. The van der Waals surface area contributed by atoms with Gasteiger partial charge in [0.25, 0.3) is 5.91 Å². The number of benzene rings is 1. The number of halogens is 1. The first-order chi connectivity index (χ1) is 15.4. The standard InChI is InChI=1S/C21H22FN5O3S2/c1-12(19(29)24-20-16(17(23)28)8-10-31-20)32-21-26-25-18(13-4-6-14(22)7-5-13)27(21)11-15-3-2-9-30-15/h4-8,10,12,15H,2-3,9,11H2,1H3,(H2,23,28)(H,24,29). The van der Waals surface area contributed by atoms with Crippen LogP contribution in [0.3, 0.4) is 0 Å². The highest BCUT2D eigenvalue weighted by Crippen LogP contribution is 2.30. The molecule has 4 rings (SSSR count). The van der Waals surface area contributed by atoms with Gasteiger partial charge < -0.3 is 15.8 Å². The number of carbonyl (C=O) groups is 2. The molecule has 1 aromatic carbocycles. The van der Waals surface area contributed by atoms with E-state index in [1.165, 1.54) is 35.2 Å². The fraction of sp³-hybridized carbons (Fsp3) is 0.333. The molecule has 0 radical (unpaired) electrons. The fourth-order valence-electron chi connectivity index (χ4n) is 3.37. The zero-order chi connectivity index (χ0) is 22.7. The number of hydrogen-bond donors (Lipinski definition) is 2. The van der Waals surface area contributed by atoms with E-state index in [0.717, 1.165) is 18.4 Å². The van der Waals surface area contributed by atoms with Crippen LogP contribution in [-0.2, 0) is 16.1 Å². The van der Waals surface area contributed by atoms with Crippen molar-refractivity contribution in [2.75, 3.05) is 11.9 Å². The van der Waals surface area contributed by atoms with Crippen molar-refractivity contribution < 1.29 is 18.7 Å². The van der Waals surface area contributed by atoms with Crippen LogP contribution in [0.15, 0.2) is 40.9 Å². The SMILES string of the molecule is CC(Sc1nnc(-c2ccc(F)cc2)n1CC1CCCO1)C(=O)Nc1sccc1C(N)=O. The minimum atomic E-state index is -0.595. The zero-order valence-corrected chi connectivity index (χ0v) is 18.9. The highest BCUT2D eigenvalue weighted by molar-refractivity contribution is 8.00. The number of amides is 2. The highest BCUT2D eigenvalue weighted by atomic mass is 32.2. The summed E-state index contributed by atoms with van der Waals surface area (Å²) in [4.78, 5) is 24.3. The molecule has 1 saturated heterocycles. The average molecular weight is 476 g/mol. The maximum Gasteiger partial charge on any atom is 0.251 e. The van der Waals surface area contributed by atoms with E-state index < -0.39 is 11.2 Å². The Bertz CT molecular complexity index is 1110. The summed E-state index contributed by atoms with van der Waals surface area (Å²) < 4.78 is 21.1. The van der Waals surface area contributed by atoms with Crippen LogP contribution in [0.5, 0.6) is 0 Å². The van der Waals surface area contributed by atoms with E-state index in [0.29, 0.717) is 29.1 Å². The zero-order valence-electron chi connectivity index (χ0n) is 17.3. The van der Waals surface area contributed by atoms with Gasteiger partial charge in [-0.1, -0.05) is 11.8 Å². The number of anilines is 1. The van der Waals surface area contributed by atoms with E-state index in [1.54, 1.807) is 30.5 Å². The number of aromatic nitrogens is 3. The van der Waals surface area contributed by atoms with Gasteiger partial charge in [0, 0.05) is 12.2 Å². The average Bonchev–Trinajstić information content (AvgIpc) is 3.51. The lowest BCUT2D eigenvalue weighted by Crippen LogP contribution is -2.24. The summed E-state index contributed by atoms with van der Waals surface area (Å²) in [7, 11) is 0. The van der Waals surface area contributed by atoms with Crippen molar-refractivity contribution in [3.8, 4) is 11.4 Å². The second-order valence-electron chi connectivity index (χ2n) is 7.34. The van der Waals surface area contributed by atoms with Crippen LogP contribution in [0.4, 0.5) is 9.39 Å². The molecule has 3 N–H and O–H groups in total. The number of nitrogens with one attached hydrogen (secondary N) is 1. The second kappa shape index (κ2) is 9.80. The van der Waals surface area contributed by atoms with Gasteiger partial charge in [-0.25, -0.2) is 4.39 Å². The fourth-order valence-corrected chi connectivity index (χ4v) is 5.02. The van der Waals surface area contributed by atoms with E-state index >= 15 is 0 Å². The van der Waals surface area contributed by atoms with Crippen molar-refractivity contribution in [3.63, 3.8) is 0 Å². The first-order valence-corrected chi connectivity index (χ1v) is 11.8. The molecule has 11 heteroatoms. The summed E-state index contributed by atoms with van der Waals surface area (Å²) in [6.45, 7) is 3.00. The van der Waals surface area contributed by atoms with Gasteiger partial charge >= 0.3 is 0 Å². The number of nitrogens with two attached hydrogens (primary N) is 1. The minimum Gasteiger partial charge on any atom is -0.376 e. The largest absolute Gasteiger partial charge is 0.376 e. The van der Waals surface area contributed by atoms with Gasteiger partial charge in [-0.2, -0.15) is 0 Å². The van der Waals surface area contributed by atoms with E-state index in [1.807, 2.05) is 4.57 Å². The van der Waals surface area contributed by atoms with Gasteiger partial charge in [-0.3, -0.25) is 14.2 Å². The molecule has 32 heavy (non-hydrogen) atoms. The maximum atomic E-state index is 13.4. The van der Waals surface area contributed by atoms with Crippen molar-refractivity contribution in [3.05, 3.63) is 47.1 Å². The third kappa shape index (κ3) is 5.00. The molecule has 0 bridgehead atoms. The van der Waals surface area contributed by atoms with Crippen LogP contribution in [0, 0.1) is 5.82 Å². The Labute approximate surface area is 192 Å². The predicted molar refractivity (Wildman–Crippen MR) is 121 cm³/mol. The number of thiophene rings is 1. The molecule has 1 fully saturated rings. The van der Waals surface area contributed by atoms with Crippen LogP contribution >= 0.6 is 23.1 Å². The van der Waals surface area contributed by atoms with Gasteiger partial charge in [-0.15, -0.1) is 21.5 Å². The van der Waals surface area contributed by atoms with E-state index in [-0.39, 0.29) is 23.4 Å². The molecule has 8 nitrogen and oxygen atoms in total. The number of carbonyl (C=O) groups excluding carboxylic acids is 2. The van der Waals surface area contributed by atoms with Crippen molar-refractivity contribution in [2.24, 2.45) is 5.73 Å². The molecule has 2 atom stereocenters. The first kappa shape index (κ1) is 22.4. The van der Waals surface area contributed by atoms with E-state index in [4.69, 9.17) is 10.5 Å². The third-order valence-corrected chi connectivity index (χ3v) is 6.96. The Kier molecular flexibility index (Phi) is 6.87. The summed E-state index contributed by atoms with van der Waals surface area (Å²) in [5.74, 6) is -0.621. The highest BCUT2D eigenvalue weighted by Gasteiger charge is 2.25. The normalized spacial score (nSPS) is 16.8. The van der Waals surface area contributed by atoms with E-state index in [9.17, 15) is 14.0 Å². The van der Waals surface area contributed by atoms with E-state index in [2.05, 4.69) is 15.5 Å². The molecule has 2 unspecified atom stereocenters. The summed E-state index contributed by atoms with van der Waals surface area (Å²) in [6.07, 6.45) is 1.94. The first-order valence-electron chi connectivity index (χ1n) is 10.1. The van der Waals surface area contributed by atoms with Crippen LogP contribution in [-0.4, -0.2) is 44.5 Å². The third-order valence-electron chi connectivity index (χ3n) is 5.05. The van der Waals surface area contributed by atoms with Crippen molar-refractivity contribution >= 4 is 39.9 Å². The Morgan fingerprint density at radius 1 is 1.34 bits per heavy atom. The number of ether oxygens (including phenoxy) is 1. The summed E-state index contributed by atoms with van der Waals surface area (Å²) in [6, 6.07) is 7.63. The predicted octanol–water partition coefficient (Wildman–Crippen LogP) is 3.54. The van der Waals surface area contributed by atoms with Crippen molar-refractivity contribution in [2.45, 2.75) is 42.8 Å². The van der Waals surface area contributed by atoms with Crippen LogP contribution in [0.1, 0.15) is 30.1 Å². The smallest absolute Gasteiger partial charge is 0.251 e.